The monoisotopic (exact) mass is 357 g/mol. The summed E-state index contributed by atoms with van der Waals surface area (Å²) >= 11 is 0. The Kier molecular flexibility index (Phi) is 5.62. The zero-order valence-corrected chi connectivity index (χ0v) is 15.0. The first-order valence-corrected chi connectivity index (χ1v) is 8.63. The van der Waals surface area contributed by atoms with E-state index in [9.17, 15) is 10.1 Å². The van der Waals surface area contributed by atoms with Gasteiger partial charge < -0.3 is 9.64 Å². The van der Waals surface area contributed by atoms with Crippen LogP contribution in [0.2, 0.25) is 0 Å². The molecule has 1 aliphatic heterocycles. The molecule has 0 aliphatic carbocycles. The lowest BCUT2D eigenvalue weighted by atomic mass is 10.0. The maximum absolute atomic E-state index is 11.2. The first-order chi connectivity index (χ1) is 12.6. The lowest BCUT2D eigenvalue weighted by Gasteiger charge is -2.37. The molecule has 0 unspecified atom stereocenters. The number of aromatic nitrogens is 2. The van der Waals surface area contributed by atoms with E-state index >= 15 is 0 Å². The lowest BCUT2D eigenvalue weighted by Crippen LogP contribution is -2.43. The summed E-state index contributed by atoms with van der Waals surface area (Å²) < 4.78 is 5.09. The summed E-state index contributed by atoms with van der Waals surface area (Å²) in [7, 11) is 3.59. The number of para-hydroxylation sites is 1. The molecular formula is C18H23N5O3. The molecule has 0 amide bonds. The summed E-state index contributed by atoms with van der Waals surface area (Å²) in [6, 6.07) is 9.59. The van der Waals surface area contributed by atoms with Gasteiger partial charge in [0.15, 0.2) is 0 Å². The highest BCUT2D eigenvalue weighted by Gasteiger charge is 2.25. The van der Waals surface area contributed by atoms with Gasteiger partial charge in [-0.05, 0) is 26.0 Å². The molecule has 0 spiro atoms. The summed E-state index contributed by atoms with van der Waals surface area (Å²) in [5, 5.41) is 11.2. The molecule has 0 N–H and O–H groups in total. The van der Waals surface area contributed by atoms with Gasteiger partial charge in [-0.15, -0.1) is 0 Å². The number of hydrogen-bond acceptors (Lipinski definition) is 7. The summed E-state index contributed by atoms with van der Waals surface area (Å²) in [6.45, 7) is 2.33. The highest BCUT2D eigenvalue weighted by atomic mass is 16.6. The van der Waals surface area contributed by atoms with Gasteiger partial charge in [0.05, 0.1) is 12.0 Å². The number of ether oxygens (including phenoxy) is 1. The lowest BCUT2D eigenvalue weighted by molar-refractivity contribution is -0.385. The van der Waals surface area contributed by atoms with Crippen molar-refractivity contribution in [2.45, 2.75) is 25.4 Å². The second-order valence-corrected chi connectivity index (χ2v) is 6.42. The minimum atomic E-state index is -0.311. The molecule has 2 heterocycles. The van der Waals surface area contributed by atoms with Gasteiger partial charge >= 0.3 is 6.01 Å². The van der Waals surface area contributed by atoms with Crippen LogP contribution in [0.3, 0.4) is 0 Å². The smallest absolute Gasteiger partial charge is 0.318 e. The highest BCUT2D eigenvalue weighted by molar-refractivity contribution is 5.40. The van der Waals surface area contributed by atoms with Gasteiger partial charge in [0.25, 0.3) is 5.69 Å². The SMILES string of the molecule is COc1nccc(N2CCC(N(C)Cc3ccccc3[N+](=O)[O-])CC2)n1. The van der Waals surface area contributed by atoms with E-state index in [0.717, 1.165) is 37.3 Å². The summed E-state index contributed by atoms with van der Waals surface area (Å²) in [5.41, 5.74) is 0.938. The second-order valence-electron chi connectivity index (χ2n) is 6.42. The molecule has 0 saturated carbocycles. The molecule has 1 fully saturated rings. The average Bonchev–Trinajstić information content (AvgIpc) is 2.68. The van der Waals surface area contributed by atoms with Gasteiger partial charge in [0.1, 0.15) is 5.82 Å². The summed E-state index contributed by atoms with van der Waals surface area (Å²) in [6.07, 6.45) is 3.65. The molecule has 26 heavy (non-hydrogen) atoms. The van der Waals surface area contributed by atoms with Gasteiger partial charge in [-0.1, -0.05) is 18.2 Å². The predicted octanol–water partition coefficient (Wildman–Crippen LogP) is 2.49. The maximum atomic E-state index is 11.2. The Hall–Kier alpha value is -2.74. The molecule has 1 saturated heterocycles. The predicted molar refractivity (Wildman–Crippen MR) is 98.4 cm³/mol. The number of nitro groups is 1. The van der Waals surface area contributed by atoms with Crippen molar-refractivity contribution in [3.05, 3.63) is 52.2 Å². The van der Waals surface area contributed by atoms with E-state index in [4.69, 9.17) is 4.74 Å². The van der Waals surface area contributed by atoms with Crippen LogP contribution in [-0.4, -0.2) is 53.1 Å². The fourth-order valence-electron chi connectivity index (χ4n) is 3.36. The zero-order chi connectivity index (χ0) is 18.5. The minimum absolute atomic E-state index is 0.185. The van der Waals surface area contributed by atoms with Gasteiger partial charge in [0.2, 0.25) is 0 Å². The van der Waals surface area contributed by atoms with Crippen LogP contribution in [-0.2, 0) is 6.54 Å². The van der Waals surface area contributed by atoms with Crippen molar-refractivity contribution in [1.29, 1.82) is 0 Å². The third kappa shape index (κ3) is 4.08. The van der Waals surface area contributed by atoms with Crippen LogP contribution in [0, 0.1) is 10.1 Å². The van der Waals surface area contributed by atoms with Gasteiger partial charge in [-0.2, -0.15) is 4.98 Å². The standard InChI is InChI=1S/C18H23N5O3/c1-21(13-14-5-3-4-6-16(14)23(24)25)15-8-11-22(12-9-15)17-7-10-19-18(20-17)26-2/h3-7,10,15H,8-9,11-13H2,1-2H3. The Morgan fingerprint density at radius 2 is 2.04 bits per heavy atom. The van der Waals surface area contributed by atoms with E-state index in [1.54, 1.807) is 25.4 Å². The number of hydrogen-bond donors (Lipinski definition) is 0. The number of anilines is 1. The molecule has 1 aliphatic rings. The van der Waals surface area contributed by atoms with Crippen molar-refractivity contribution in [3.8, 4) is 6.01 Å². The van der Waals surface area contributed by atoms with E-state index < -0.39 is 0 Å². The van der Waals surface area contributed by atoms with Crippen LogP contribution in [0.1, 0.15) is 18.4 Å². The van der Waals surface area contributed by atoms with Crippen molar-refractivity contribution in [3.63, 3.8) is 0 Å². The Morgan fingerprint density at radius 1 is 1.31 bits per heavy atom. The zero-order valence-electron chi connectivity index (χ0n) is 15.0. The Morgan fingerprint density at radius 3 is 2.73 bits per heavy atom. The van der Waals surface area contributed by atoms with Crippen LogP contribution in [0.4, 0.5) is 11.5 Å². The van der Waals surface area contributed by atoms with Crippen molar-refractivity contribution < 1.29 is 9.66 Å². The molecule has 0 atom stereocenters. The summed E-state index contributed by atoms with van der Waals surface area (Å²) in [4.78, 5) is 23.7. The van der Waals surface area contributed by atoms with Gasteiger partial charge in [0, 0.05) is 43.5 Å². The summed E-state index contributed by atoms with van der Waals surface area (Å²) in [5.74, 6) is 0.872. The molecule has 2 aromatic rings. The quantitative estimate of drug-likeness (QED) is 0.580. The van der Waals surface area contributed by atoms with Crippen molar-refractivity contribution in [1.82, 2.24) is 14.9 Å². The van der Waals surface area contributed by atoms with Gasteiger partial charge in [-0.25, -0.2) is 4.98 Å². The number of benzene rings is 1. The number of methoxy groups -OCH3 is 1. The molecule has 8 heteroatoms. The molecule has 0 bridgehead atoms. The van der Waals surface area contributed by atoms with Crippen LogP contribution >= 0.6 is 0 Å². The molecule has 138 valence electrons. The highest BCUT2D eigenvalue weighted by Crippen LogP contribution is 2.24. The topological polar surface area (TPSA) is 84.6 Å². The van der Waals surface area contributed by atoms with Crippen LogP contribution in [0.5, 0.6) is 6.01 Å². The van der Waals surface area contributed by atoms with E-state index in [0.29, 0.717) is 18.6 Å². The van der Waals surface area contributed by atoms with Crippen molar-refractivity contribution in [2.24, 2.45) is 0 Å². The third-order valence-corrected chi connectivity index (χ3v) is 4.82. The third-order valence-electron chi connectivity index (χ3n) is 4.82. The van der Waals surface area contributed by atoms with Crippen LogP contribution < -0.4 is 9.64 Å². The average molecular weight is 357 g/mol. The van der Waals surface area contributed by atoms with E-state index in [1.807, 2.05) is 25.2 Å². The fourth-order valence-corrected chi connectivity index (χ4v) is 3.36. The first-order valence-electron chi connectivity index (χ1n) is 8.63. The molecule has 0 radical (unpaired) electrons. The molecule has 1 aromatic carbocycles. The Bertz CT molecular complexity index is 762. The van der Waals surface area contributed by atoms with E-state index in [2.05, 4.69) is 19.8 Å². The molecule has 1 aromatic heterocycles. The Balaban J connectivity index is 1.60. The van der Waals surface area contributed by atoms with E-state index in [1.165, 1.54) is 0 Å². The number of nitro benzene ring substituents is 1. The second kappa shape index (κ2) is 8.09. The number of nitrogens with zero attached hydrogens (tertiary/aromatic N) is 5. The normalized spacial score (nSPS) is 15.3. The minimum Gasteiger partial charge on any atom is -0.467 e. The number of piperidine rings is 1. The van der Waals surface area contributed by atoms with Crippen molar-refractivity contribution in [2.75, 3.05) is 32.1 Å². The van der Waals surface area contributed by atoms with Gasteiger partial charge in [-0.3, -0.25) is 15.0 Å². The largest absolute Gasteiger partial charge is 0.467 e. The number of rotatable bonds is 6. The first kappa shape index (κ1) is 18.1. The van der Waals surface area contributed by atoms with Crippen LogP contribution in [0.15, 0.2) is 36.5 Å². The molecular weight excluding hydrogens is 334 g/mol. The molecule has 3 rings (SSSR count). The maximum Gasteiger partial charge on any atom is 0.318 e. The van der Waals surface area contributed by atoms with Crippen LogP contribution in [0.25, 0.3) is 0 Å². The van der Waals surface area contributed by atoms with E-state index in [-0.39, 0.29) is 10.6 Å². The molecule has 8 nitrogen and oxygen atoms in total. The Labute approximate surface area is 152 Å². The van der Waals surface area contributed by atoms with Crippen molar-refractivity contribution >= 4 is 11.5 Å². The fraction of sp³-hybridized carbons (Fsp3) is 0.444.